The average Bonchev–Trinajstić information content (AvgIpc) is 3.43. The number of hydrogen-bond donors (Lipinski definition) is 1. The highest BCUT2D eigenvalue weighted by atomic mass is 16.5. The van der Waals surface area contributed by atoms with Gasteiger partial charge in [0.2, 0.25) is 5.78 Å². The number of nitrogens with zero attached hydrogens (tertiary/aromatic N) is 1. The maximum Gasteiger partial charge on any atom is 0.290 e. The first kappa shape index (κ1) is 25.3. The number of aliphatic hydroxyl groups excluding tert-OH is 1. The fourth-order valence-electron chi connectivity index (χ4n) is 4.88. The lowest BCUT2D eigenvalue weighted by molar-refractivity contribution is -0.130. The van der Waals surface area contributed by atoms with Crippen LogP contribution in [0.25, 0.3) is 11.0 Å². The summed E-state index contributed by atoms with van der Waals surface area (Å²) in [4.78, 5) is 28.8. The van der Waals surface area contributed by atoms with Crippen LogP contribution in [0.5, 0.6) is 5.75 Å². The molecule has 0 spiro atoms. The normalized spacial score (nSPS) is 15.9. The summed E-state index contributed by atoms with van der Waals surface area (Å²) in [6, 6.07) is 23.5. The largest absolute Gasteiger partial charge is 0.503 e. The van der Waals surface area contributed by atoms with Crippen LogP contribution < -0.4 is 4.74 Å². The summed E-state index contributed by atoms with van der Waals surface area (Å²) in [5, 5.41) is 11.8. The van der Waals surface area contributed by atoms with Crippen LogP contribution in [0.1, 0.15) is 61.0 Å². The number of carbonyl (C=O) groups is 2. The molecule has 0 aliphatic carbocycles. The van der Waals surface area contributed by atoms with Crippen molar-refractivity contribution in [2.24, 2.45) is 0 Å². The highest BCUT2D eigenvalue weighted by Gasteiger charge is 2.44. The predicted molar refractivity (Wildman–Crippen MR) is 146 cm³/mol. The van der Waals surface area contributed by atoms with Crippen LogP contribution in [0.3, 0.4) is 0 Å². The molecule has 0 saturated heterocycles. The van der Waals surface area contributed by atoms with E-state index in [2.05, 4.69) is 20.8 Å². The number of furan rings is 1. The molecule has 0 saturated carbocycles. The fourth-order valence-corrected chi connectivity index (χ4v) is 4.88. The van der Waals surface area contributed by atoms with Crippen molar-refractivity contribution >= 4 is 22.7 Å². The first-order chi connectivity index (χ1) is 18.2. The maximum absolute atomic E-state index is 13.8. The molecule has 0 fully saturated rings. The Hall–Kier alpha value is -4.32. The van der Waals surface area contributed by atoms with Crippen LogP contribution in [0.15, 0.2) is 94.6 Å². The lowest BCUT2D eigenvalue weighted by atomic mass is 9.85. The minimum atomic E-state index is -0.784. The molecule has 5 rings (SSSR count). The second-order valence-corrected chi connectivity index (χ2v) is 10.5. The van der Waals surface area contributed by atoms with Gasteiger partial charge in [0, 0.05) is 11.9 Å². The third-order valence-corrected chi connectivity index (χ3v) is 6.85. The summed E-state index contributed by atoms with van der Waals surface area (Å²) < 4.78 is 11.5. The summed E-state index contributed by atoms with van der Waals surface area (Å²) >= 11 is 0. The van der Waals surface area contributed by atoms with Gasteiger partial charge in [-0.2, -0.15) is 0 Å². The second kappa shape index (κ2) is 9.86. The van der Waals surface area contributed by atoms with Crippen LogP contribution in [-0.4, -0.2) is 28.3 Å². The molecule has 1 N–H and O–H groups in total. The van der Waals surface area contributed by atoms with Crippen molar-refractivity contribution in [3.05, 3.63) is 113 Å². The highest BCUT2D eigenvalue weighted by molar-refractivity contribution is 6.16. The Kier molecular flexibility index (Phi) is 6.57. The van der Waals surface area contributed by atoms with E-state index in [1.807, 2.05) is 73.7 Å². The molecule has 3 aromatic carbocycles. The molecule has 6 nitrogen and oxygen atoms in total. The number of Topliss-reactive ketones (excluding diaryl/α,β-unsaturated/α-hetero) is 1. The standard InChI is InChI=1S/C32H31NO5/c1-5-37-24-11-8-9-20(17-24)19-33-28(21-13-15-23(16-14-21)32(2,3)4)27(30(35)31(33)36)29(34)26-18-22-10-6-7-12-25(22)38-26/h6-18,28,35H,5,19H2,1-4H3. The van der Waals surface area contributed by atoms with Crippen molar-refractivity contribution < 1.29 is 23.8 Å². The summed E-state index contributed by atoms with van der Waals surface area (Å²) in [7, 11) is 0. The summed E-state index contributed by atoms with van der Waals surface area (Å²) in [5.74, 6) is -0.893. The van der Waals surface area contributed by atoms with Gasteiger partial charge in [-0.15, -0.1) is 0 Å². The lowest BCUT2D eigenvalue weighted by Crippen LogP contribution is -2.30. The van der Waals surface area contributed by atoms with E-state index in [4.69, 9.17) is 9.15 Å². The number of amides is 1. The van der Waals surface area contributed by atoms with Crippen LogP contribution >= 0.6 is 0 Å². The van der Waals surface area contributed by atoms with E-state index in [0.29, 0.717) is 17.9 Å². The summed E-state index contributed by atoms with van der Waals surface area (Å²) in [6.07, 6.45) is 0. The summed E-state index contributed by atoms with van der Waals surface area (Å²) in [5.41, 5.74) is 3.20. The van der Waals surface area contributed by atoms with Crippen molar-refractivity contribution in [3.8, 4) is 5.75 Å². The Labute approximate surface area is 222 Å². The molecule has 1 amide bonds. The molecule has 38 heavy (non-hydrogen) atoms. The van der Waals surface area contributed by atoms with E-state index in [1.165, 1.54) is 4.90 Å². The number of ketones is 1. The van der Waals surface area contributed by atoms with Gasteiger partial charge in [0.1, 0.15) is 11.3 Å². The van der Waals surface area contributed by atoms with E-state index < -0.39 is 23.5 Å². The van der Waals surface area contributed by atoms with Gasteiger partial charge in [0.05, 0.1) is 18.2 Å². The second-order valence-electron chi connectivity index (χ2n) is 10.5. The Bertz CT molecular complexity index is 1510. The molecule has 0 radical (unpaired) electrons. The molecule has 6 heteroatoms. The quantitative estimate of drug-likeness (QED) is 0.274. The smallest absolute Gasteiger partial charge is 0.290 e. The van der Waals surface area contributed by atoms with Gasteiger partial charge in [0.25, 0.3) is 5.91 Å². The average molecular weight is 510 g/mol. The molecular weight excluding hydrogens is 478 g/mol. The van der Waals surface area contributed by atoms with Gasteiger partial charge in [-0.05, 0) is 53.3 Å². The van der Waals surface area contributed by atoms with E-state index in [9.17, 15) is 14.7 Å². The monoisotopic (exact) mass is 509 g/mol. The van der Waals surface area contributed by atoms with Crippen molar-refractivity contribution in [2.75, 3.05) is 6.61 Å². The SMILES string of the molecule is CCOc1cccc(CN2C(=O)C(O)=C(C(=O)c3cc4ccccc4o3)C2c2ccc(C(C)(C)C)cc2)c1. The number of fused-ring (bicyclic) bond motifs is 1. The van der Waals surface area contributed by atoms with Crippen molar-refractivity contribution in [3.63, 3.8) is 0 Å². The number of rotatable bonds is 7. The Morgan fingerprint density at radius 2 is 1.74 bits per heavy atom. The molecule has 1 aliphatic rings. The molecule has 1 unspecified atom stereocenters. The molecule has 1 aromatic heterocycles. The third-order valence-electron chi connectivity index (χ3n) is 6.85. The summed E-state index contributed by atoms with van der Waals surface area (Å²) in [6.45, 7) is 8.99. The van der Waals surface area contributed by atoms with Gasteiger partial charge in [-0.3, -0.25) is 9.59 Å². The molecule has 1 aliphatic heterocycles. The Balaban J connectivity index is 1.58. The minimum Gasteiger partial charge on any atom is -0.503 e. The number of benzene rings is 3. The number of para-hydroxylation sites is 1. The zero-order valence-corrected chi connectivity index (χ0v) is 22.0. The van der Waals surface area contributed by atoms with Crippen molar-refractivity contribution in [1.29, 1.82) is 0 Å². The van der Waals surface area contributed by atoms with Gasteiger partial charge in [-0.25, -0.2) is 0 Å². The third kappa shape index (κ3) is 4.70. The van der Waals surface area contributed by atoms with Gasteiger partial charge < -0.3 is 19.2 Å². The van der Waals surface area contributed by atoms with E-state index in [-0.39, 0.29) is 23.3 Å². The zero-order valence-electron chi connectivity index (χ0n) is 22.0. The van der Waals surface area contributed by atoms with Gasteiger partial charge >= 0.3 is 0 Å². The topological polar surface area (TPSA) is 80.0 Å². The fraction of sp³-hybridized carbons (Fsp3) is 0.250. The number of aliphatic hydroxyl groups is 1. The van der Waals surface area contributed by atoms with Crippen LogP contribution in [0, 0.1) is 0 Å². The van der Waals surface area contributed by atoms with Gasteiger partial charge in [0.15, 0.2) is 11.5 Å². The first-order valence-electron chi connectivity index (χ1n) is 12.8. The van der Waals surface area contributed by atoms with Crippen LogP contribution in [0.4, 0.5) is 0 Å². The van der Waals surface area contributed by atoms with Crippen LogP contribution in [-0.2, 0) is 16.8 Å². The van der Waals surface area contributed by atoms with Crippen molar-refractivity contribution in [1.82, 2.24) is 4.90 Å². The van der Waals surface area contributed by atoms with Gasteiger partial charge in [-0.1, -0.05) is 75.4 Å². The molecule has 0 bridgehead atoms. The molecule has 4 aromatic rings. The van der Waals surface area contributed by atoms with Crippen molar-refractivity contribution in [2.45, 2.75) is 45.7 Å². The molecule has 1 atom stereocenters. The van der Waals surface area contributed by atoms with E-state index >= 15 is 0 Å². The number of ether oxygens (including phenoxy) is 1. The number of carbonyl (C=O) groups excluding carboxylic acids is 2. The Morgan fingerprint density at radius 3 is 2.42 bits per heavy atom. The maximum atomic E-state index is 13.8. The predicted octanol–water partition coefficient (Wildman–Crippen LogP) is 6.91. The van der Waals surface area contributed by atoms with E-state index in [0.717, 1.165) is 22.1 Å². The van der Waals surface area contributed by atoms with Crippen LogP contribution in [0.2, 0.25) is 0 Å². The lowest BCUT2D eigenvalue weighted by Gasteiger charge is -2.28. The number of hydrogen-bond acceptors (Lipinski definition) is 5. The highest BCUT2D eigenvalue weighted by Crippen LogP contribution is 2.41. The van der Waals surface area contributed by atoms with E-state index in [1.54, 1.807) is 12.1 Å². The molecule has 2 heterocycles. The molecular formula is C32H31NO5. The zero-order chi connectivity index (χ0) is 27.0. The molecule has 194 valence electrons. The first-order valence-corrected chi connectivity index (χ1v) is 12.8. The minimum absolute atomic E-state index is 0.0125. The Morgan fingerprint density at radius 1 is 1.00 bits per heavy atom.